The van der Waals surface area contributed by atoms with E-state index in [0.717, 1.165) is 5.56 Å². The monoisotopic (exact) mass is 250 g/mol. The average molecular weight is 250 g/mol. The van der Waals surface area contributed by atoms with Crippen LogP contribution in [0.5, 0.6) is 0 Å². The third-order valence-corrected chi connectivity index (χ3v) is 2.37. The van der Waals surface area contributed by atoms with Gasteiger partial charge in [0.05, 0.1) is 6.10 Å². The summed E-state index contributed by atoms with van der Waals surface area (Å²) in [6.07, 6.45) is -0.589. The number of amides is 2. The number of carbonyl (C=O) groups excluding carboxylic acids is 2. The molecule has 1 atom stereocenters. The fourth-order valence-electron chi connectivity index (χ4n) is 1.43. The van der Waals surface area contributed by atoms with Gasteiger partial charge in [-0.1, -0.05) is 6.07 Å². The molecular formula is C13H18N2O3. The molecule has 0 spiro atoms. The molecule has 0 aliphatic rings. The lowest BCUT2D eigenvalue weighted by atomic mass is 10.1. The van der Waals surface area contributed by atoms with Crippen LogP contribution in [0.4, 0.5) is 5.69 Å². The summed E-state index contributed by atoms with van der Waals surface area (Å²) in [6, 6.07) is 5.06. The zero-order valence-corrected chi connectivity index (χ0v) is 10.8. The van der Waals surface area contributed by atoms with E-state index in [1.54, 1.807) is 25.1 Å². The fourth-order valence-corrected chi connectivity index (χ4v) is 1.43. The van der Waals surface area contributed by atoms with Gasteiger partial charge in [0.15, 0.2) is 0 Å². The van der Waals surface area contributed by atoms with E-state index >= 15 is 0 Å². The quantitative estimate of drug-likeness (QED) is 0.747. The third-order valence-electron chi connectivity index (χ3n) is 2.37. The van der Waals surface area contributed by atoms with Gasteiger partial charge in [0, 0.05) is 24.7 Å². The minimum absolute atomic E-state index is 0.181. The molecule has 5 heteroatoms. The van der Waals surface area contributed by atoms with E-state index in [0.29, 0.717) is 11.3 Å². The first-order valence-electron chi connectivity index (χ1n) is 5.74. The Morgan fingerprint density at radius 1 is 1.39 bits per heavy atom. The molecule has 0 aliphatic carbocycles. The van der Waals surface area contributed by atoms with E-state index in [-0.39, 0.29) is 18.4 Å². The van der Waals surface area contributed by atoms with Crippen molar-refractivity contribution in [3.8, 4) is 0 Å². The van der Waals surface area contributed by atoms with Gasteiger partial charge < -0.3 is 15.7 Å². The Kier molecular flexibility index (Phi) is 4.85. The van der Waals surface area contributed by atoms with Crippen LogP contribution in [0.1, 0.15) is 29.8 Å². The number of aryl methyl sites for hydroxylation is 1. The molecule has 1 aromatic carbocycles. The zero-order chi connectivity index (χ0) is 13.7. The number of carbonyl (C=O) groups is 2. The fraction of sp³-hybridized carbons (Fsp3) is 0.385. The predicted molar refractivity (Wildman–Crippen MR) is 69.5 cm³/mol. The van der Waals surface area contributed by atoms with E-state index in [2.05, 4.69) is 10.6 Å². The van der Waals surface area contributed by atoms with Crippen LogP contribution in [0.15, 0.2) is 18.2 Å². The van der Waals surface area contributed by atoms with Crippen LogP contribution >= 0.6 is 0 Å². The van der Waals surface area contributed by atoms with Crippen molar-refractivity contribution in [3.63, 3.8) is 0 Å². The SMILES string of the molecule is CC(=O)Nc1cc(C(=O)NCC(C)O)ccc1C. The zero-order valence-electron chi connectivity index (χ0n) is 10.8. The second kappa shape index (κ2) is 6.16. The number of hydrogen-bond acceptors (Lipinski definition) is 3. The van der Waals surface area contributed by atoms with E-state index in [1.807, 2.05) is 6.92 Å². The molecule has 0 saturated heterocycles. The second-order valence-electron chi connectivity index (χ2n) is 4.27. The highest BCUT2D eigenvalue weighted by atomic mass is 16.3. The lowest BCUT2D eigenvalue weighted by molar-refractivity contribution is -0.114. The van der Waals surface area contributed by atoms with Crippen molar-refractivity contribution in [1.82, 2.24) is 5.32 Å². The number of aliphatic hydroxyl groups excluding tert-OH is 1. The molecular weight excluding hydrogens is 232 g/mol. The summed E-state index contributed by atoms with van der Waals surface area (Å²) < 4.78 is 0. The van der Waals surface area contributed by atoms with Gasteiger partial charge in [-0.2, -0.15) is 0 Å². The van der Waals surface area contributed by atoms with Crippen molar-refractivity contribution in [1.29, 1.82) is 0 Å². The summed E-state index contributed by atoms with van der Waals surface area (Å²) in [5.74, 6) is -0.456. The summed E-state index contributed by atoms with van der Waals surface area (Å²) in [4.78, 5) is 22.8. The van der Waals surface area contributed by atoms with E-state index in [4.69, 9.17) is 5.11 Å². The molecule has 1 unspecified atom stereocenters. The first-order valence-corrected chi connectivity index (χ1v) is 5.74. The molecule has 18 heavy (non-hydrogen) atoms. The molecule has 1 rings (SSSR count). The summed E-state index contributed by atoms with van der Waals surface area (Å²) in [7, 11) is 0. The van der Waals surface area contributed by atoms with Crippen molar-refractivity contribution in [2.45, 2.75) is 26.9 Å². The first-order chi connectivity index (χ1) is 8.40. The molecule has 1 aromatic rings. The predicted octanol–water partition coefficient (Wildman–Crippen LogP) is 1.06. The molecule has 0 radical (unpaired) electrons. The van der Waals surface area contributed by atoms with Crippen molar-refractivity contribution in [3.05, 3.63) is 29.3 Å². The maximum atomic E-state index is 11.8. The van der Waals surface area contributed by atoms with E-state index in [1.165, 1.54) is 6.92 Å². The lowest BCUT2D eigenvalue weighted by Gasteiger charge is -2.10. The smallest absolute Gasteiger partial charge is 0.251 e. The second-order valence-corrected chi connectivity index (χ2v) is 4.27. The van der Waals surface area contributed by atoms with Gasteiger partial charge in [-0.15, -0.1) is 0 Å². The first kappa shape index (κ1) is 14.2. The van der Waals surface area contributed by atoms with Crippen molar-refractivity contribution in [2.75, 3.05) is 11.9 Å². The van der Waals surface area contributed by atoms with Crippen LogP contribution in [0, 0.1) is 6.92 Å². The number of anilines is 1. The molecule has 2 amide bonds. The van der Waals surface area contributed by atoms with E-state index < -0.39 is 6.10 Å². The highest BCUT2D eigenvalue weighted by Crippen LogP contribution is 2.16. The van der Waals surface area contributed by atoms with Crippen LogP contribution in [0.25, 0.3) is 0 Å². The Bertz CT molecular complexity index is 456. The molecule has 0 aromatic heterocycles. The normalized spacial score (nSPS) is 11.8. The minimum Gasteiger partial charge on any atom is -0.392 e. The van der Waals surface area contributed by atoms with Gasteiger partial charge in [-0.25, -0.2) is 0 Å². The van der Waals surface area contributed by atoms with Crippen molar-refractivity contribution < 1.29 is 14.7 Å². The van der Waals surface area contributed by atoms with Gasteiger partial charge in [0.1, 0.15) is 0 Å². The van der Waals surface area contributed by atoms with Gasteiger partial charge in [-0.3, -0.25) is 9.59 Å². The molecule has 98 valence electrons. The molecule has 0 saturated carbocycles. The topological polar surface area (TPSA) is 78.4 Å². The Hall–Kier alpha value is -1.88. The van der Waals surface area contributed by atoms with Crippen molar-refractivity contribution >= 4 is 17.5 Å². The van der Waals surface area contributed by atoms with Crippen LogP contribution < -0.4 is 10.6 Å². The highest BCUT2D eigenvalue weighted by molar-refractivity contribution is 5.97. The number of benzene rings is 1. The molecule has 0 heterocycles. The Labute approximate surface area is 106 Å². The number of aliphatic hydroxyl groups is 1. The minimum atomic E-state index is -0.589. The molecule has 0 bridgehead atoms. The number of nitrogens with one attached hydrogen (secondary N) is 2. The summed E-state index contributed by atoms with van der Waals surface area (Å²) >= 11 is 0. The maximum Gasteiger partial charge on any atom is 0.251 e. The molecule has 0 aliphatic heterocycles. The third kappa shape index (κ3) is 4.18. The van der Waals surface area contributed by atoms with Crippen LogP contribution in [-0.2, 0) is 4.79 Å². The Balaban J connectivity index is 2.83. The lowest BCUT2D eigenvalue weighted by Crippen LogP contribution is -2.30. The van der Waals surface area contributed by atoms with Gasteiger partial charge in [0.25, 0.3) is 5.91 Å². The highest BCUT2D eigenvalue weighted by Gasteiger charge is 2.09. The largest absolute Gasteiger partial charge is 0.392 e. The Morgan fingerprint density at radius 2 is 2.06 bits per heavy atom. The summed E-state index contributed by atoms with van der Waals surface area (Å²) in [5, 5.41) is 14.4. The number of hydrogen-bond donors (Lipinski definition) is 3. The maximum absolute atomic E-state index is 11.8. The van der Waals surface area contributed by atoms with Crippen LogP contribution in [0.3, 0.4) is 0 Å². The van der Waals surface area contributed by atoms with Crippen LogP contribution in [0.2, 0.25) is 0 Å². The molecule has 3 N–H and O–H groups in total. The number of rotatable bonds is 4. The van der Waals surface area contributed by atoms with Gasteiger partial charge in [-0.05, 0) is 31.5 Å². The summed E-state index contributed by atoms with van der Waals surface area (Å²) in [6.45, 7) is 5.06. The van der Waals surface area contributed by atoms with E-state index in [9.17, 15) is 9.59 Å². The standard InChI is InChI=1S/C13H18N2O3/c1-8-4-5-11(6-12(8)15-10(3)17)13(18)14-7-9(2)16/h4-6,9,16H,7H2,1-3H3,(H,14,18)(H,15,17). The van der Waals surface area contributed by atoms with Crippen molar-refractivity contribution in [2.24, 2.45) is 0 Å². The van der Waals surface area contributed by atoms with Crippen LogP contribution in [-0.4, -0.2) is 29.6 Å². The Morgan fingerprint density at radius 3 is 2.61 bits per heavy atom. The van der Waals surface area contributed by atoms with Gasteiger partial charge in [0.2, 0.25) is 5.91 Å². The summed E-state index contributed by atoms with van der Waals surface area (Å²) in [5.41, 5.74) is 1.95. The molecule has 5 nitrogen and oxygen atoms in total. The average Bonchev–Trinajstić information content (AvgIpc) is 2.28. The van der Waals surface area contributed by atoms with Gasteiger partial charge >= 0.3 is 0 Å². The molecule has 0 fully saturated rings.